The van der Waals surface area contributed by atoms with E-state index in [2.05, 4.69) is 10.6 Å². The summed E-state index contributed by atoms with van der Waals surface area (Å²) in [5, 5.41) is 5.10. The number of ketones is 1. The first-order valence-corrected chi connectivity index (χ1v) is 10.4. The number of amides is 2. The van der Waals surface area contributed by atoms with Crippen LogP contribution in [0.3, 0.4) is 0 Å². The van der Waals surface area contributed by atoms with Crippen molar-refractivity contribution in [3.8, 4) is 0 Å². The predicted octanol–water partition coefficient (Wildman–Crippen LogP) is 3.10. The lowest BCUT2D eigenvalue weighted by atomic mass is 10.1. The molecule has 1 fully saturated rings. The maximum Gasteiger partial charge on any atom is 0.418 e. The van der Waals surface area contributed by atoms with Crippen molar-refractivity contribution in [2.45, 2.75) is 13.1 Å². The van der Waals surface area contributed by atoms with Gasteiger partial charge in [-0.2, -0.15) is 13.2 Å². The van der Waals surface area contributed by atoms with Crippen LogP contribution in [0.5, 0.6) is 0 Å². The summed E-state index contributed by atoms with van der Waals surface area (Å²) in [7, 11) is 0. The second kappa shape index (κ2) is 10.6. The SMILES string of the molecule is CC(=O)c1ccccc1NC(=O)CN1CCN(CC(=O)Nc2ccccc2C(F)(F)F)CC1. The lowest BCUT2D eigenvalue weighted by molar-refractivity contribution is -0.137. The first-order chi connectivity index (χ1) is 15.6. The zero-order valence-electron chi connectivity index (χ0n) is 18.1. The molecule has 33 heavy (non-hydrogen) atoms. The maximum absolute atomic E-state index is 13.1. The number of carbonyl (C=O) groups excluding carboxylic acids is 3. The van der Waals surface area contributed by atoms with Gasteiger partial charge in [-0.25, -0.2) is 0 Å². The van der Waals surface area contributed by atoms with Crippen molar-refractivity contribution in [2.24, 2.45) is 0 Å². The van der Waals surface area contributed by atoms with E-state index in [0.29, 0.717) is 37.4 Å². The van der Waals surface area contributed by atoms with Gasteiger partial charge in [-0.3, -0.25) is 24.2 Å². The van der Waals surface area contributed by atoms with Crippen molar-refractivity contribution in [3.63, 3.8) is 0 Å². The number of piperazine rings is 1. The molecule has 3 rings (SSSR count). The van der Waals surface area contributed by atoms with Crippen LogP contribution in [0.1, 0.15) is 22.8 Å². The number of para-hydroxylation sites is 2. The number of rotatable bonds is 7. The molecule has 0 aliphatic carbocycles. The molecule has 0 spiro atoms. The van der Waals surface area contributed by atoms with Gasteiger partial charge < -0.3 is 10.6 Å². The zero-order valence-corrected chi connectivity index (χ0v) is 18.1. The normalized spacial score (nSPS) is 15.2. The van der Waals surface area contributed by atoms with Crippen LogP contribution >= 0.6 is 0 Å². The van der Waals surface area contributed by atoms with Crippen LogP contribution in [0.2, 0.25) is 0 Å². The van der Waals surface area contributed by atoms with E-state index in [4.69, 9.17) is 0 Å². The molecule has 0 unspecified atom stereocenters. The van der Waals surface area contributed by atoms with E-state index in [0.717, 1.165) is 6.07 Å². The molecule has 7 nitrogen and oxygen atoms in total. The molecule has 1 aliphatic rings. The molecule has 2 amide bonds. The highest BCUT2D eigenvalue weighted by Crippen LogP contribution is 2.34. The third kappa shape index (κ3) is 6.87. The van der Waals surface area contributed by atoms with Crippen molar-refractivity contribution in [1.29, 1.82) is 0 Å². The van der Waals surface area contributed by atoms with Crippen molar-refractivity contribution in [2.75, 3.05) is 49.9 Å². The molecule has 10 heteroatoms. The number of nitrogens with one attached hydrogen (secondary N) is 2. The minimum absolute atomic E-state index is 0.0434. The number of halogens is 3. The molecule has 2 N–H and O–H groups in total. The van der Waals surface area contributed by atoms with Crippen LogP contribution in [-0.2, 0) is 15.8 Å². The molecular weight excluding hydrogens is 437 g/mol. The third-order valence-corrected chi connectivity index (χ3v) is 5.29. The summed E-state index contributed by atoms with van der Waals surface area (Å²) in [5.74, 6) is -0.923. The molecule has 0 atom stereocenters. The molecule has 1 aliphatic heterocycles. The highest BCUT2D eigenvalue weighted by molar-refractivity contribution is 6.04. The summed E-state index contributed by atoms with van der Waals surface area (Å²) >= 11 is 0. The Bertz CT molecular complexity index is 1020. The van der Waals surface area contributed by atoms with Gasteiger partial charge in [-0.1, -0.05) is 24.3 Å². The van der Waals surface area contributed by atoms with Gasteiger partial charge in [-0.15, -0.1) is 0 Å². The summed E-state index contributed by atoms with van der Waals surface area (Å²) in [6, 6.07) is 11.6. The van der Waals surface area contributed by atoms with Crippen LogP contribution in [0.4, 0.5) is 24.5 Å². The maximum atomic E-state index is 13.1. The number of nitrogens with zero attached hydrogens (tertiary/aromatic N) is 2. The molecule has 1 saturated heterocycles. The number of alkyl halides is 3. The smallest absolute Gasteiger partial charge is 0.324 e. The number of carbonyl (C=O) groups is 3. The van der Waals surface area contributed by atoms with Gasteiger partial charge in [0.05, 0.1) is 30.0 Å². The highest BCUT2D eigenvalue weighted by Gasteiger charge is 2.33. The number of hydrogen-bond acceptors (Lipinski definition) is 5. The molecular formula is C23H25F3N4O3. The van der Waals surface area contributed by atoms with E-state index in [-0.39, 0.29) is 30.5 Å². The summed E-state index contributed by atoms with van der Waals surface area (Å²) in [6.07, 6.45) is -4.55. The van der Waals surface area contributed by atoms with Gasteiger partial charge in [0.1, 0.15) is 0 Å². The van der Waals surface area contributed by atoms with Gasteiger partial charge in [0.25, 0.3) is 0 Å². The Morgan fingerprint density at radius 1 is 0.788 bits per heavy atom. The van der Waals surface area contributed by atoms with Crippen LogP contribution in [0, 0.1) is 0 Å². The van der Waals surface area contributed by atoms with Crippen LogP contribution in [0.15, 0.2) is 48.5 Å². The van der Waals surface area contributed by atoms with Crippen LogP contribution in [-0.4, -0.2) is 66.7 Å². The third-order valence-electron chi connectivity index (χ3n) is 5.29. The Kier molecular flexibility index (Phi) is 7.83. The number of benzene rings is 2. The number of anilines is 2. The first kappa shape index (κ1) is 24.4. The Morgan fingerprint density at radius 2 is 1.24 bits per heavy atom. The molecule has 0 saturated carbocycles. The minimum Gasteiger partial charge on any atom is -0.324 e. The Balaban J connectivity index is 1.46. The molecule has 2 aromatic rings. The van der Waals surface area contributed by atoms with Crippen molar-refractivity contribution < 1.29 is 27.6 Å². The van der Waals surface area contributed by atoms with Gasteiger partial charge in [0.2, 0.25) is 11.8 Å². The van der Waals surface area contributed by atoms with E-state index >= 15 is 0 Å². The fraction of sp³-hybridized carbons (Fsp3) is 0.348. The van der Waals surface area contributed by atoms with E-state index in [9.17, 15) is 27.6 Å². The fourth-order valence-corrected chi connectivity index (χ4v) is 3.63. The van der Waals surface area contributed by atoms with E-state index in [1.807, 2.05) is 9.80 Å². The monoisotopic (exact) mass is 462 g/mol. The molecule has 2 aromatic carbocycles. The molecule has 176 valence electrons. The topological polar surface area (TPSA) is 81.8 Å². The average molecular weight is 462 g/mol. The largest absolute Gasteiger partial charge is 0.418 e. The predicted molar refractivity (Wildman–Crippen MR) is 118 cm³/mol. The Morgan fingerprint density at radius 3 is 1.76 bits per heavy atom. The second-order valence-electron chi connectivity index (χ2n) is 7.79. The van der Waals surface area contributed by atoms with Gasteiger partial charge in [0, 0.05) is 31.7 Å². The standard InChI is InChI=1S/C23H25F3N4O3/c1-16(31)17-6-2-4-8-19(17)27-21(32)14-29-10-12-30(13-11-29)15-22(33)28-20-9-5-3-7-18(20)23(24,25)26/h2-9H,10-15H2,1H3,(H,27,32)(H,28,33). The van der Waals surface area contributed by atoms with E-state index in [1.165, 1.54) is 25.1 Å². The van der Waals surface area contributed by atoms with Crippen molar-refractivity contribution in [3.05, 3.63) is 59.7 Å². The van der Waals surface area contributed by atoms with Crippen LogP contribution < -0.4 is 10.6 Å². The van der Waals surface area contributed by atoms with Gasteiger partial charge >= 0.3 is 6.18 Å². The summed E-state index contributed by atoms with van der Waals surface area (Å²) in [4.78, 5) is 40.1. The average Bonchev–Trinajstić information content (AvgIpc) is 2.75. The fourth-order valence-electron chi connectivity index (χ4n) is 3.63. The molecule has 0 radical (unpaired) electrons. The molecule has 0 aromatic heterocycles. The summed E-state index contributed by atoms with van der Waals surface area (Å²) < 4.78 is 39.3. The van der Waals surface area contributed by atoms with Crippen LogP contribution in [0.25, 0.3) is 0 Å². The Hall–Kier alpha value is -3.24. The Labute approximate surface area is 189 Å². The summed E-state index contributed by atoms with van der Waals surface area (Å²) in [5.41, 5.74) is -0.255. The second-order valence-corrected chi connectivity index (χ2v) is 7.79. The van der Waals surface area contributed by atoms with Crippen molar-refractivity contribution in [1.82, 2.24) is 9.80 Å². The lowest BCUT2D eigenvalue weighted by Crippen LogP contribution is -2.50. The summed E-state index contributed by atoms with van der Waals surface area (Å²) in [6.45, 7) is 3.55. The zero-order chi connectivity index (χ0) is 24.0. The van der Waals surface area contributed by atoms with Gasteiger partial charge in [-0.05, 0) is 31.2 Å². The van der Waals surface area contributed by atoms with E-state index < -0.39 is 17.6 Å². The highest BCUT2D eigenvalue weighted by atomic mass is 19.4. The lowest BCUT2D eigenvalue weighted by Gasteiger charge is -2.33. The molecule has 1 heterocycles. The quantitative estimate of drug-likeness (QED) is 0.618. The molecule has 0 bridgehead atoms. The number of Topliss-reactive ketones (excluding diaryl/α,β-unsaturated/α-hetero) is 1. The minimum atomic E-state index is -4.55. The first-order valence-electron chi connectivity index (χ1n) is 10.4. The van der Waals surface area contributed by atoms with Gasteiger partial charge in [0.15, 0.2) is 5.78 Å². The number of hydrogen-bond donors (Lipinski definition) is 2. The van der Waals surface area contributed by atoms with E-state index in [1.54, 1.807) is 24.3 Å². The van der Waals surface area contributed by atoms with Crippen molar-refractivity contribution >= 4 is 29.0 Å².